The van der Waals surface area contributed by atoms with Crippen LogP contribution < -0.4 is 5.32 Å². The van der Waals surface area contributed by atoms with Crippen LogP contribution in [-0.2, 0) is 14.8 Å². The molecule has 0 aromatic heterocycles. The average Bonchev–Trinajstić information content (AvgIpc) is 2.74. The Morgan fingerprint density at radius 1 is 0.933 bits per heavy atom. The Kier molecular flexibility index (Phi) is 7.64. The standard InChI is InChI=1S/C23H31N3O3S/c1-19(2)17-22(20-9-5-3-6-10-20)24-23(27)18-25-13-15-26(16-14-25)30(28,29)21-11-7-4-8-12-21/h3-12,19,22H,13-18H2,1-2H3,(H,24,27)/t22-/m0/s1. The van der Waals surface area contributed by atoms with Crippen LogP contribution in [0.25, 0.3) is 0 Å². The summed E-state index contributed by atoms with van der Waals surface area (Å²) in [6.07, 6.45) is 0.874. The molecule has 3 rings (SSSR count). The van der Waals surface area contributed by atoms with Gasteiger partial charge in [-0.3, -0.25) is 9.69 Å². The van der Waals surface area contributed by atoms with Crippen LogP contribution in [0.15, 0.2) is 65.6 Å². The molecule has 1 atom stereocenters. The van der Waals surface area contributed by atoms with Crippen LogP contribution in [0.4, 0.5) is 0 Å². The number of amides is 1. The number of sulfonamides is 1. The smallest absolute Gasteiger partial charge is 0.243 e. The SMILES string of the molecule is CC(C)C[C@H](NC(=O)CN1CCN(S(=O)(=O)c2ccccc2)CC1)c1ccccc1. The van der Waals surface area contributed by atoms with Gasteiger partial charge >= 0.3 is 0 Å². The number of rotatable bonds is 8. The van der Waals surface area contributed by atoms with Crippen LogP contribution in [0.1, 0.15) is 31.9 Å². The molecular formula is C23H31N3O3S. The van der Waals surface area contributed by atoms with E-state index < -0.39 is 10.0 Å². The van der Waals surface area contributed by atoms with Gasteiger partial charge in [-0.15, -0.1) is 0 Å². The first kappa shape index (κ1) is 22.5. The molecule has 162 valence electrons. The van der Waals surface area contributed by atoms with Crippen molar-refractivity contribution in [2.75, 3.05) is 32.7 Å². The zero-order valence-electron chi connectivity index (χ0n) is 17.7. The molecule has 1 aliphatic heterocycles. The van der Waals surface area contributed by atoms with Gasteiger partial charge < -0.3 is 5.32 Å². The number of hydrogen-bond acceptors (Lipinski definition) is 4. The molecular weight excluding hydrogens is 398 g/mol. The lowest BCUT2D eigenvalue weighted by molar-refractivity contribution is -0.123. The lowest BCUT2D eigenvalue weighted by Gasteiger charge is -2.34. The molecule has 1 amide bonds. The molecule has 0 aliphatic carbocycles. The molecule has 0 radical (unpaired) electrons. The second kappa shape index (κ2) is 10.2. The first-order chi connectivity index (χ1) is 14.4. The van der Waals surface area contributed by atoms with E-state index in [1.54, 1.807) is 30.3 Å². The average molecular weight is 430 g/mol. The summed E-state index contributed by atoms with van der Waals surface area (Å²) in [4.78, 5) is 15.0. The van der Waals surface area contributed by atoms with E-state index in [0.29, 0.717) is 37.0 Å². The maximum absolute atomic E-state index is 12.7. The fourth-order valence-electron chi connectivity index (χ4n) is 3.75. The molecule has 1 saturated heterocycles. The Bertz CT molecular complexity index is 909. The molecule has 1 N–H and O–H groups in total. The molecule has 0 saturated carbocycles. The van der Waals surface area contributed by atoms with Crippen LogP contribution >= 0.6 is 0 Å². The number of nitrogens with zero attached hydrogens (tertiary/aromatic N) is 2. The topological polar surface area (TPSA) is 69.7 Å². The third-order valence-corrected chi connectivity index (χ3v) is 7.24. The van der Waals surface area contributed by atoms with Crippen LogP contribution in [0.5, 0.6) is 0 Å². The first-order valence-corrected chi connectivity index (χ1v) is 11.9. The number of hydrogen-bond donors (Lipinski definition) is 1. The summed E-state index contributed by atoms with van der Waals surface area (Å²) in [6.45, 7) is 6.43. The van der Waals surface area contributed by atoms with Crippen molar-refractivity contribution in [3.8, 4) is 0 Å². The van der Waals surface area contributed by atoms with Gasteiger partial charge in [0.25, 0.3) is 0 Å². The monoisotopic (exact) mass is 429 g/mol. The largest absolute Gasteiger partial charge is 0.348 e. The van der Waals surface area contributed by atoms with Gasteiger partial charge in [-0.2, -0.15) is 4.31 Å². The Morgan fingerprint density at radius 3 is 2.07 bits per heavy atom. The van der Waals surface area contributed by atoms with Gasteiger partial charge in [0.1, 0.15) is 0 Å². The van der Waals surface area contributed by atoms with Crippen LogP contribution in [0.2, 0.25) is 0 Å². The summed E-state index contributed by atoms with van der Waals surface area (Å²) in [7, 11) is -3.48. The minimum atomic E-state index is -3.48. The normalized spacial score (nSPS) is 17.0. The van der Waals surface area contributed by atoms with Crippen molar-refractivity contribution in [3.05, 3.63) is 66.2 Å². The molecule has 1 fully saturated rings. The van der Waals surface area contributed by atoms with Crippen molar-refractivity contribution in [1.82, 2.24) is 14.5 Å². The van der Waals surface area contributed by atoms with Crippen LogP contribution in [0, 0.1) is 5.92 Å². The molecule has 0 spiro atoms. The van der Waals surface area contributed by atoms with E-state index in [1.165, 1.54) is 4.31 Å². The maximum Gasteiger partial charge on any atom is 0.243 e. The number of piperazine rings is 1. The van der Waals surface area contributed by atoms with E-state index in [-0.39, 0.29) is 18.5 Å². The summed E-state index contributed by atoms with van der Waals surface area (Å²) in [5.41, 5.74) is 1.11. The number of nitrogens with one attached hydrogen (secondary N) is 1. The quantitative estimate of drug-likeness (QED) is 0.701. The zero-order chi connectivity index (χ0) is 21.6. The third-order valence-electron chi connectivity index (χ3n) is 5.32. The number of carbonyl (C=O) groups is 1. The molecule has 1 heterocycles. The Morgan fingerprint density at radius 2 is 1.50 bits per heavy atom. The summed E-state index contributed by atoms with van der Waals surface area (Å²) >= 11 is 0. The number of carbonyl (C=O) groups excluding carboxylic acids is 1. The van der Waals surface area contributed by atoms with E-state index in [0.717, 1.165) is 12.0 Å². The molecule has 0 bridgehead atoms. The fourth-order valence-corrected chi connectivity index (χ4v) is 5.19. The summed E-state index contributed by atoms with van der Waals surface area (Å²) in [6, 6.07) is 18.5. The second-order valence-corrected chi connectivity index (χ2v) is 10.1. The van der Waals surface area contributed by atoms with Gasteiger partial charge in [0.15, 0.2) is 0 Å². The zero-order valence-corrected chi connectivity index (χ0v) is 18.5. The number of benzene rings is 2. The lowest BCUT2D eigenvalue weighted by Crippen LogP contribution is -2.51. The van der Waals surface area contributed by atoms with E-state index >= 15 is 0 Å². The third kappa shape index (κ3) is 5.90. The highest BCUT2D eigenvalue weighted by Gasteiger charge is 2.29. The van der Waals surface area contributed by atoms with Crippen molar-refractivity contribution in [2.24, 2.45) is 5.92 Å². The predicted molar refractivity (Wildman–Crippen MR) is 118 cm³/mol. The van der Waals surface area contributed by atoms with Gasteiger partial charge in [0.2, 0.25) is 15.9 Å². The molecule has 1 aliphatic rings. The predicted octanol–water partition coefficient (Wildman–Crippen LogP) is 2.90. The highest BCUT2D eigenvalue weighted by atomic mass is 32.2. The molecule has 0 unspecified atom stereocenters. The highest BCUT2D eigenvalue weighted by Crippen LogP contribution is 2.21. The molecule has 2 aromatic carbocycles. The molecule has 2 aromatic rings. The van der Waals surface area contributed by atoms with Gasteiger partial charge in [0, 0.05) is 26.2 Å². The molecule has 6 nitrogen and oxygen atoms in total. The Labute approximate surface area is 179 Å². The van der Waals surface area contributed by atoms with E-state index in [4.69, 9.17) is 0 Å². The first-order valence-electron chi connectivity index (χ1n) is 10.5. The lowest BCUT2D eigenvalue weighted by atomic mass is 9.97. The highest BCUT2D eigenvalue weighted by molar-refractivity contribution is 7.89. The van der Waals surface area contributed by atoms with E-state index in [2.05, 4.69) is 19.2 Å². The van der Waals surface area contributed by atoms with E-state index in [1.807, 2.05) is 35.2 Å². The van der Waals surface area contributed by atoms with Crippen molar-refractivity contribution in [2.45, 2.75) is 31.2 Å². The van der Waals surface area contributed by atoms with Gasteiger partial charge in [-0.1, -0.05) is 62.4 Å². The van der Waals surface area contributed by atoms with Crippen molar-refractivity contribution in [3.63, 3.8) is 0 Å². The maximum atomic E-state index is 12.7. The Balaban J connectivity index is 1.54. The minimum absolute atomic E-state index is 0.0153. The minimum Gasteiger partial charge on any atom is -0.348 e. The van der Waals surface area contributed by atoms with Crippen LogP contribution in [-0.4, -0.2) is 56.3 Å². The van der Waals surface area contributed by atoms with Crippen molar-refractivity contribution in [1.29, 1.82) is 0 Å². The second-order valence-electron chi connectivity index (χ2n) is 8.15. The van der Waals surface area contributed by atoms with Crippen molar-refractivity contribution >= 4 is 15.9 Å². The Hall–Kier alpha value is -2.22. The summed E-state index contributed by atoms with van der Waals surface area (Å²) < 4.78 is 27.0. The van der Waals surface area contributed by atoms with Gasteiger partial charge in [-0.05, 0) is 30.0 Å². The van der Waals surface area contributed by atoms with Gasteiger partial charge in [-0.25, -0.2) is 8.42 Å². The summed E-state index contributed by atoms with van der Waals surface area (Å²) in [5, 5.41) is 3.17. The van der Waals surface area contributed by atoms with Crippen LogP contribution in [0.3, 0.4) is 0 Å². The summed E-state index contributed by atoms with van der Waals surface area (Å²) in [5.74, 6) is 0.436. The van der Waals surface area contributed by atoms with E-state index in [9.17, 15) is 13.2 Å². The van der Waals surface area contributed by atoms with Crippen molar-refractivity contribution < 1.29 is 13.2 Å². The molecule has 30 heavy (non-hydrogen) atoms. The fraction of sp³-hybridized carbons (Fsp3) is 0.435. The van der Waals surface area contributed by atoms with Gasteiger partial charge in [0.05, 0.1) is 17.5 Å². The molecule has 7 heteroatoms.